The van der Waals surface area contributed by atoms with Gasteiger partial charge in [-0.3, -0.25) is 0 Å². The van der Waals surface area contributed by atoms with Crippen LogP contribution in [0.3, 0.4) is 0 Å². The van der Waals surface area contributed by atoms with Crippen LogP contribution in [-0.4, -0.2) is 24.8 Å². The van der Waals surface area contributed by atoms with Crippen LogP contribution in [0.15, 0.2) is 12.2 Å². The molecule has 0 bridgehead atoms. The van der Waals surface area contributed by atoms with Crippen molar-refractivity contribution in [2.75, 3.05) is 13.2 Å². The minimum atomic E-state index is -0.271. The van der Waals surface area contributed by atoms with Crippen molar-refractivity contribution < 1.29 is 14.3 Å². The molecular weight excluding hydrogens is 300 g/mol. The van der Waals surface area contributed by atoms with Gasteiger partial charge in [0.15, 0.2) is 0 Å². The molecule has 0 amide bonds. The molecule has 0 aliphatic rings. The van der Waals surface area contributed by atoms with Gasteiger partial charge < -0.3 is 9.47 Å². The molecule has 0 radical (unpaired) electrons. The summed E-state index contributed by atoms with van der Waals surface area (Å²) in [6.45, 7) is 17.7. The zero-order chi connectivity index (χ0) is 18.6. The molecule has 0 heterocycles. The quantitative estimate of drug-likeness (QED) is 0.232. The Labute approximate surface area is 150 Å². The van der Waals surface area contributed by atoms with Crippen molar-refractivity contribution in [3.05, 3.63) is 12.2 Å². The Morgan fingerprint density at radius 1 is 0.792 bits per heavy atom. The highest BCUT2D eigenvalue weighted by Gasteiger charge is 2.33. The largest absolute Gasteiger partial charge is 0.462 e. The Bertz CT molecular complexity index is 364. The second-order valence-corrected chi connectivity index (χ2v) is 8.35. The lowest BCUT2D eigenvalue weighted by molar-refractivity contribution is -0.139. The molecule has 0 spiro atoms. The molecular formula is C21H40O3. The van der Waals surface area contributed by atoms with Gasteiger partial charge in [-0.15, -0.1) is 0 Å². The smallest absolute Gasteiger partial charge is 0.333 e. The topological polar surface area (TPSA) is 35.5 Å². The van der Waals surface area contributed by atoms with Crippen LogP contribution in [0.1, 0.15) is 92.9 Å². The highest BCUT2D eigenvalue weighted by molar-refractivity contribution is 5.86. The fourth-order valence-electron chi connectivity index (χ4n) is 2.10. The van der Waals surface area contributed by atoms with Crippen molar-refractivity contribution in [3.63, 3.8) is 0 Å². The molecule has 0 aromatic rings. The molecule has 0 aromatic carbocycles. The van der Waals surface area contributed by atoms with Crippen molar-refractivity contribution in [2.45, 2.75) is 98.5 Å². The van der Waals surface area contributed by atoms with Crippen LogP contribution in [0, 0.1) is 5.41 Å². The van der Waals surface area contributed by atoms with Gasteiger partial charge in [0, 0.05) is 12.2 Å². The number of carbonyl (C=O) groups is 1. The lowest BCUT2D eigenvalue weighted by Gasteiger charge is -2.38. The molecule has 0 rings (SSSR count). The molecule has 0 saturated carbocycles. The molecule has 0 aromatic heterocycles. The number of hydrogen-bond acceptors (Lipinski definition) is 3. The number of hydrogen-bond donors (Lipinski definition) is 0. The van der Waals surface area contributed by atoms with Crippen LogP contribution in [0.5, 0.6) is 0 Å². The SMILES string of the molecule is C=C(C)C(=O)OCCCCCCCCCCOC(C)(C)C(C)(C)C. The van der Waals surface area contributed by atoms with E-state index < -0.39 is 0 Å². The van der Waals surface area contributed by atoms with E-state index in [0.717, 1.165) is 25.9 Å². The lowest BCUT2D eigenvalue weighted by atomic mass is 9.79. The van der Waals surface area contributed by atoms with Gasteiger partial charge in [0.05, 0.1) is 12.2 Å². The van der Waals surface area contributed by atoms with Gasteiger partial charge in [0.25, 0.3) is 0 Å². The van der Waals surface area contributed by atoms with Gasteiger partial charge in [0.2, 0.25) is 0 Å². The lowest BCUT2D eigenvalue weighted by Crippen LogP contribution is -2.39. The first-order valence-corrected chi connectivity index (χ1v) is 9.54. The van der Waals surface area contributed by atoms with Crippen molar-refractivity contribution in [1.82, 2.24) is 0 Å². The minimum absolute atomic E-state index is 0.0689. The Morgan fingerprint density at radius 2 is 1.21 bits per heavy atom. The predicted molar refractivity (Wildman–Crippen MR) is 102 cm³/mol. The van der Waals surface area contributed by atoms with Crippen molar-refractivity contribution in [2.24, 2.45) is 5.41 Å². The minimum Gasteiger partial charge on any atom is -0.462 e. The van der Waals surface area contributed by atoms with E-state index in [-0.39, 0.29) is 17.0 Å². The fraction of sp³-hybridized carbons (Fsp3) is 0.857. The second kappa shape index (κ2) is 11.7. The van der Waals surface area contributed by atoms with Crippen LogP contribution in [0.2, 0.25) is 0 Å². The molecule has 0 aliphatic heterocycles. The van der Waals surface area contributed by atoms with E-state index in [1.54, 1.807) is 6.92 Å². The highest BCUT2D eigenvalue weighted by Crippen LogP contribution is 2.33. The van der Waals surface area contributed by atoms with Gasteiger partial charge in [-0.25, -0.2) is 4.79 Å². The van der Waals surface area contributed by atoms with E-state index in [2.05, 4.69) is 41.2 Å². The number of rotatable bonds is 13. The molecule has 0 unspecified atom stereocenters. The maximum Gasteiger partial charge on any atom is 0.333 e. The third kappa shape index (κ3) is 10.9. The highest BCUT2D eigenvalue weighted by atomic mass is 16.5. The Hall–Kier alpha value is -0.830. The fourth-order valence-corrected chi connectivity index (χ4v) is 2.10. The Morgan fingerprint density at radius 3 is 1.62 bits per heavy atom. The summed E-state index contributed by atoms with van der Waals surface area (Å²) in [5.74, 6) is -0.271. The standard InChI is InChI=1S/C21H40O3/c1-18(2)19(22)23-16-14-12-10-8-9-11-13-15-17-24-21(6,7)20(3,4)5/h1,8-17H2,2-7H3. The summed E-state index contributed by atoms with van der Waals surface area (Å²) < 4.78 is 11.1. The zero-order valence-corrected chi connectivity index (χ0v) is 17.0. The molecule has 0 fully saturated rings. The van der Waals surface area contributed by atoms with E-state index >= 15 is 0 Å². The van der Waals surface area contributed by atoms with E-state index in [0.29, 0.717) is 12.2 Å². The number of unbranched alkanes of at least 4 members (excludes halogenated alkanes) is 7. The first kappa shape index (κ1) is 23.2. The maximum atomic E-state index is 11.2. The van der Waals surface area contributed by atoms with Crippen LogP contribution in [0.25, 0.3) is 0 Å². The van der Waals surface area contributed by atoms with E-state index in [4.69, 9.17) is 9.47 Å². The van der Waals surface area contributed by atoms with Gasteiger partial charge in [0.1, 0.15) is 0 Å². The molecule has 142 valence electrons. The van der Waals surface area contributed by atoms with Gasteiger partial charge in [-0.1, -0.05) is 65.9 Å². The van der Waals surface area contributed by atoms with Crippen LogP contribution in [0.4, 0.5) is 0 Å². The van der Waals surface area contributed by atoms with Crippen LogP contribution >= 0.6 is 0 Å². The molecule has 3 heteroatoms. The normalized spacial score (nSPS) is 12.2. The molecule has 0 atom stereocenters. The molecule has 3 nitrogen and oxygen atoms in total. The molecule has 0 saturated heterocycles. The first-order chi connectivity index (χ1) is 11.1. The second-order valence-electron chi connectivity index (χ2n) is 8.35. The predicted octanol–water partition coefficient (Wildman–Crippen LogP) is 6.07. The molecule has 24 heavy (non-hydrogen) atoms. The van der Waals surface area contributed by atoms with E-state index in [1.807, 2.05) is 0 Å². The first-order valence-electron chi connectivity index (χ1n) is 9.54. The van der Waals surface area contributed by atoms with Gasteiger partial charge >= 0.3 is 5.97 Å². The summed E-state index contributed by atoms with van der Waals surface area (Å²) in [5.41, 5.74) is 0.580. The average molecular weight is 341 g/mol. The summed E-state index contributed by atoms with van der Waals surface area (Å²) in [6, 6.07) is 0. The number of carbonyl (C=O) groups excluding carboxylic acids is 1. The summed E-state index contributed by atoms with van der Waals surface area (Å²) in [7, 11) is 0. The van der Waals surface area contributed by atoms with Crippen molar-refractivity contribution >= 4 is 5.97 Å². The number of esters is 1. The summed E-state index contributed by atoms with van der Waals surface area (Å²) >= 11 is 0. The van der Waals surface area contributed by atoms with Gasteiger partial charge in [-0.05, 0) is 39.0 Å². The van der Waals surface area contributed by atoms with Crippen LogP contribution in [-0.2, 0) is 14.3 Å². The molecule has 0 N–H and O–H groups in total. The summed E-state index contributed by atoms with van der Waals surface area (Å²) in [5, 5.41) is 0. The Kier molecular flexibility index (Phi) is 11.3. The third-order valence-electron chi connectivity index (χ3n) is 4.89. The molecule has 0 aliphatic carbocycles. The number of ether oxygens (including phenoxy) is 2. The van der Waals surface area contributed by atoms with Crippen LogP contribution < -0.4 is 0 Å². The van der Waals surface area contributed by atoms with Gasteiger partial charge in [-0.2, -0.15) is 0 Å². The van der Waals surface area contributed by atoms with E-state index in [1.165, 1.54) is 32.1 Å². The third-order valence-corrected chi connectivity index (χ3v) is 4.89. The van der Waals surface area contributed by atoms with Crippen molar-refractivity contribution in [3.8, 4) is 0 Å². The average Bonchev–Trinajstić information content (AvgIpc) is 2.46. The Balaban J connectivity index is 3.38. The van der Waals surface area contributed by atoms with Crippen molar-refractivity contribution in [1.29, 1.82) is 0 Å². The zero-order valence-electron chi connectivity index (χ0n) is 17.0. The summed E-state index contributed by atoms with van der Waals surface area (Å²) in [4.78, 5) is 11.2. The maximum absolute atomic E-state index is 11.2. The van der Waals surface area contributed by atoms with E-state index in [9.17, 15) is 4.79 Å². The summed E-state index contributed by atoms with van der Waals surface area (Å²) in [6.07, 6.45) is 9.53. The monoisotopic (exact) mass is 340 g/mol.